The van der Waals surface area contributed by atoms with Crippen molar-refractivity contribution < 1.29 is 47.5 Å². The molecule has 0 rings (SSSR count). The molecule has 0 aliphatic heterocycles. The lowest BCUT2D eigenvalue weighted by molar-refractivity contribution is -0.160. The summed E-state index contributed by atoms with van der Waals surface area (Å²) in [6, 6.07) is 0. The third kappa shape index (κ3) is 35.4. The number of rotatable bonds is 33. The quantitative estimate of drug-likeness (QED) is 0.0566. The van der Waals surface area contributed by atoms with Crippen LogP contribution in [0.4, 0.5) is 0 Å². The molecule has 0 aliphatic rings. The summed E-state index contributed by atoms with van der Waals surface area (Å²) >= 11 is 1.73. The number of carbonyl (C=O) groups excluding carboxylic acids is 2. The highest BCUT2D eigenvalue weighted by molar-refractivity contribution is 7.99. The van der Waals surface area contributed by atoms with Gasteiger partial charge >= 0.3 is 5.97 Å². The molecule has 0 saturated carbocycles. The van der Waals surface area contributed by atoms with Crippen LogP contribution in [0.15, 0.2) is 0 Å². The van der Waals surface area contributed by atoms with Crippen LogP contribution < -0.4 is 0 Å². The molecule has 0 bridgehead atoms. The Morgan fingerprint density at radius 2 is 1.07 bits per heavy atom. The molecule has 250 valence electrons. The minimum atomic E-state index is -0.504. The fourth-order valence-electron chi connectivity index (χ4n) is 3.67. The van der Waals surface area contributed by atoms with Gasteiger partial charge in [-0.2, -0.15) is 11.8 Å². The number of carbonyl (C=O) groups is 2. The minimum Gasteiger partial charge on any atom is -0.458 e. The molecule has 0 fully saturated rings. The van der Waals surface area contributed by atoms with Gasteiger partial charge in [0, 0.05) is 5.75 Å². The second kappa shape index (κ2) is 31.6. The van der Waals surface area contributed by atoms with Gasteiger partial charge in [0.1, 0.15) is 18.5 Å². The van der Waals surface area contributed by atoms with Crippen molar-refractivity contribution >= 4 is 24.0 Å². The van der Waals surface area contributed by atoms with E-state index in [0.717, 1.165) is 18.5 Å². The van der Waals surface area contributed by atoms with E-state index >= 15 is 0 Å². The highest BCUT2D eigenvalue weighted by Gasteiger charge is 2.15. The summed E-state index contributed by atoms with van der Waals surface area (Å²) in [6.45, 7) is 13.4. The minimum absolute atomic E-state index is 0.0755. The first-order chi connectivity index (χ1) is 20.3. The molecule has 0 aromatic carbocycles. The number of thioether (sulfide) groups is 1. The second-order valence-electron chi connectivity index (χ2n) is 10.9. The van der Waals surface area contributed by atoms with Crippen molar-refractivity contribution in [1.29, 1.82) is 0 Å². The van der Waals surface area contributed by atoms with E-state index in [-0.39, 0.29) is 18.7 Å². The normalized spacial score (nSPS) is 12.5. The fraction of sp³-hybridized carbons (Fsp3) is 0.935. The zero-order valence-electron chi connectivity index (χ0n) is 26.9. The first-order valence-corrected chi connectivity index (χ1v) is 16.8. The lowest BCUT2D eigenvalue weighted by atomic mass is 10.1. The van der Waals surface area contributed by atoms with Gasteiger partial charge in [-0.05, 0) is 46.3 Å². The van der Waals surface area contributed by atoms with Crippen LogP contribution in [0.1, 0.15) is 79.1 Å². The largest absolute Gasteiger partial charge is 0.458 e. The predicted molar refractivity (Wildman–Crippen MR) is 166 cm³/mol. The zero-order valence-corrected chi connectivity index (χ0v) is 27.7. The van der Waals surface area contributed by atoms with Gasteiger partial charge in [0.05, 0.1) is 85.4 Å². The average molecular weight is 625 g/mol. The van der Waals surface area contributed by atoms with Gasteiger partial charge in [0.2, 0.25) is 0 Å². The fourth-order valence-corrected chi connectivity index (χ4v) is 4.34. The maximum atomic E-state index is 11.5. The van der Waals surface area contributed by atoms with Crippen molar-refractivity contribution in [3.8, 4) is 0 Å². The Bertz CT molecular complexity index is 589. The van der Waals surface area contributed by atoms with Crippen LogP contribution in [0, 0.1) is 0 Å². The summed E-state index contributed by atoms with van der Waals surface area (Å²) in [7, 11) is 0. The molecule has 1 unspecified atom stereocenters. The predicted octanol–water partition coefficient (Wildman–Crippen LogP) is 4.89. The molecule has 0 heterocycles. The van der Waals surface area contributed by atoms with E-state index in [1.807, 2.05) is 20.8 Å². The molecule has 0 amide bonds. The summed E-state index contributed by atoms with van der Waals surface area (Å²) < 4.78 is 43.6. The van der Waals surface area contributed by atoms with Crippen molar-refractivity contribution in [1.82, 2.24) is 0 Å². The summed E-state index contributed by atoms with van der Waals surface area (Å²) in [5.74, 6) is 1.36. The van der Waals surface area contributed by atoms with Crippen LogP contribution in [0.3, 0.4) is 0 Å². The molecule has 0 saturated heterocycles. The number of esters is 1. The van der Waals surface area contributed by atoms with Crippen molar-refractivity contribution in [3.05, 3.63) is 0 Å². The van der Waals surface area contributed by atoms with Crippen LogP contribution in [0.5, 0.6) is 0 Å². The number of ether oxygens (including phenoxy) is 8. The van der Waals surface area contributed by atoms with E-state index in [4.69, 9.17) is 37.9 Å². The van der Waals surface area contributed by atoms with Gasteiger partial charge in [0.15, 0.2) is 0 Å². The van der Waals surface area contributed by atoms with Crippen LogP contribution >= 0.6 is 11.8 Å². The van der Waals surface area contributed by atoms with Crippen molar-refractivity contribution in [2.75, 3.05) is 97.4 Å². The topological polar surface area (TPSA) is 108 Å². The van der Waals surface area contributed by atoms with Crippen LogP contribution in [-0.2, 0) is 47.5 Å². The van der Waals surface area contributed by atoms with E-state index in [0.29, 0.717) is 85.0 Å². The van der Waals surface area contributed by atoms with Crippen molar-refractivity contribution in [3.63, 3.8) is 0 Å². The maximum absolute atomic E-state index is 11.5. The molecule has 42 heavy (non-hydrogen) atoms. The zero-order chi connectivity index (χ0) is 31.0. The summed E-state index contributed by atoms with van der Waals surface area (Å²) in [4.78, 5) is 21.7. The van der Waals surface area contributed by atoms with E-state index in [1.165, 1.54) is 44.9 Å². The Kier molecular flexibility index (Phi) is 31.0. The van der Waals surface area contributed by atoms with Crippen LogP contribution in [0.2, 0.25) is 0 Å². The lowest BCUT2D eigenvalue weighted by Crippen LogP contribution is -2.27. The Morgan fingerprint density at radius 3 is 1.55 bits per heavy atom. The summed E-state index contributed by atoms with van der Waals surface area (Å²) in [6.07, 6.45) is 11.2. The molecule has 11 heteroatoms. The molecule has 0 aromatic rings. The molecule has 0 aliphatic carbocycles. The maximum Gasteiger partial charge on any atom is 0.332 e. The van der Waals surface area contributed by atoms with Gasteiger partial charge in [-0.1, -0.05) is 38.5 Å². The monoisotopic (exact) mass is 624 g/mol. The third-order valence-electron chi connectivity index (χ3n) is 5.72. The smallest absolute Gasteiger partial charge is 0.332 e. The number of unbranched alkanes of at least 4 members (excludes halogenated alkanes) is 6. The molecule has 0 N–H and O–H groups in total. The van der Waals surface area contributed by atoms with E-state index < -0.39 is 5.60 Å². The molecule has 10 nitrogen and oxygen atoms in total. The summed E-state index contributed by atoms with van der Waals surface area (Å²) in [5, 5.41) is 0. The SMILES string of the molecule is CC(CCCCCCCCCSCC=O)OCCOCCOCCOCCOCCOCCOCC(=O)OC(C)(C)C. The first kappa shape index (κ1) is 41.2. The Morgan fingerprint density at radius 1 is 0.643 bits per heavy atom. The Hall–Kier alpha value is -0.790. The van der Waals surface area contributed by atoms with Gasteiger partial charge in [-0.15, -0.1) is 0 Å². The molecule has 0 radical (unpaired) electrons. The Balaban J connectivity index is 3.19. The second-order valence-corrected chi connectivity index (χ2v) is 12.0. The highest BCUT2D eigenvalue weighted by atomic mass is 32.2. The van der Waals surface area contributed by atoms with Gasteiger partial charge in [0.25, 0.3) is 0 Å². The number of hydrogen-bond donors (Lipinski definition) is 0. The third-order valence-corrected chi connectivity index (χ3v) is 6.66. The Labute approximate surface area is 259 Å². The van der Waals surface area contributed by atoms with Gasteiger partial charge < -0.3 is 42.7 Å². The van der Waals surface area contributed by atoms with E-state index in [1.54, 1.807) is 11.8 Å². The van der Waals surface area contributed by atoms with E-state index in [9.17, 15) is 9.59 Å². The molecule has 0 aromatic heterocycles. The van der Waals surface area contributed by atoms with Gasteiger partial charge in [-0.3, -0.25) is 0 Å². The number of aldehydes is 1. The highest BCUT2D eigenvalue weighted by Crippen LogP contribution is 2.12. The lowest BCUT2D eigenvalue weighted by Gasteiger charge is -2.19. The van der Waals surface area contributed by atoms with Crippen molar-refractivity contribution in [2.45, 2.75) is 90.8 Å². The molecule has 0 spiro atoms. The standard InChI is InChI=1S/C31H60O10S/c1-29(12-10-8-6-5-7-9-11-26-42-27-13-32)40-25-24-38-21-20-36-17-16-34-14-15-35-18-19-37-22-23-39-28-30(33)41-31(2,3)4/h13,29H,5-12,14-28H2,1-4H3. The van der Waals surface area contributed by atoms with Crippen LogP contribution in [-0.4, -0.2) is 121 Å². The van der Waals surface area contributed by atoms with Crippen molar-refractivity contribution in [2.24, 2.45) is 0 Å². The molecule has 1 atom stereocenters. The summed E-state index contributed by atoms with van der Waals surface area (Å²) in [5.41, 5.74) is -0.504. The average Bonchev–Trinajstić information content (AvgIpc) is 2.94. The van der Waals surface area contributed by atoms with Gasteiger partial charge in [-0.25, -0.2) is 4.79 Å². The van der Waals surface area contributed by atoms with E-state index in [2.05, 4.69) is 6.92 Å². The first-order valence-electron chi connectivity index (χ1n) is 15.7. The number of hydrogen-bond acceptors (Lipinski definition) is 11. The molecular formula is C31H60O10S. The van der Waals surface area contributed by atoms with Crippen LogP contribution in [0.25, 0.3) is 0 Å². The molecular weight excluding hydrogens is 564 g/mol.